The van der Waals surface area contributed by atoms with E-state index < -0.39 is 0 Å². The number of halogens is 1. The van der Waals surface area contributed by atoms with E-state index in [1.807, 2.05) is 30.3 Å². The molecule has 0 bridgehead atoms. The minimum atomic E-state index is 0.409. The number of ether oxygens (including phenoxy) is 1. The maximum absolute atomic E-state index is 5.79. The van der Waals surface area contributed by atoms with Gasteiger partial charge in [-0.25, -0.2) is 4.98 Å². The molecule has 1 aromatic heterocycles. The first kappa shape index (κ1) is 12.1. The second-order valence-electron chi connectivity index (χ2n) is 4.11. The molecule has 88 valence electrons. The number of nitrogens with zero attached hydrogens (tertiary/aromatic N) is 1. The van der Waals surface area contributed by atoms with Gasteiger partial charge in [0.05, 0.1) is 0 Å². The van der Waals surface area contributed by atoms with Crippen LogP contribution in [0.15, 0.2) is 47.1 Å². The molecule has 0 fully saturated rings. The highest BCUT2D eigenvalue weighted by Crippen LogP contribution is 2.31. The summed E-state index contributed by atoms with van der Waals surface area (Å²) in [6, 6.07) is 11.7. The Balaban J connectivity index is 2.33. The van der Waals surface area contributed by atoms with E-state index in [0.29, 0.717) is 11.8 Å². The van der Waals surface area contributed by atoms with Gasteiger partial charge in [-0.1, -0.05) is 35.8 Å². The lowest BCUT2D eigenvalue weighted by molar-refractivity contribution is 0.454. The van der Waals surface area contributed by atoms with Crippen molar-refractivity contribution < 1.29 is 4.74 Å². The molecule has 0 amide bonds. The molecule has 0 saturated heterocycles. The maximum atomic E-state index is 5.79. The average Bonchev–Trinajstić information content (AvgIpc) is 2.32. The van der Waals surface area contributed by atoms with Crippen molar-refractivity contribution in [3.63, 3.8) is 0 Å². The topological polar surface area (TPSA) is 22.1 Å². The summed E-state index contributed by atoms with van der Waals surface area (Å²) in [5, 5.41) is 0. The highest BCUT2D eigenvalue weighted by atomic mass is 79.9. The fourth-order valence-corrected chi connectivity index (χ4v) is 1.96. The van der Waals surface area contributed by atoms with Crippen molar-refractivity contribution in [2.45, 2.75) is 19.8 Å². The van der Waals surface area contributed by atoms with Crippen LogP contribution in [0.25, 0.3) is 0 Å². The summed E-state index contributed by atoms with van der Waals surface area (Å²) < 4.78 is 6.86. The molecule has 0 spiro atoms. The van der Waals surface area contributed by atoms with E-state index in [9.17, 15) is 0 Å². The zero-order valence-electron chi connectivity index (χ0n) is 9.85. The Morgan fingerprint density at radius 1 is 1.18 bits per heavy atom. The van der Waals surface area contributed by atoms with Crippen molar-refractivity contribution in [1.82, 2.24) is 4.98 Å². The largest absolute Gasteiger partial charge is 0.439 e. The van der Waals surface area contributed by atoms with Crippen LogP contribution in [-0.4, -0.2) is 4.98 Å². The van der Waals surface area contributed by atoms with Gasteiger partial charge in [0, 0.05) is 16.7 Å². The molecule has 0 aliphatic heterocycles. The van der Waals surface area contributed by atoms with Crippen molar-refractivity contribution in [2.75, 3.05) is 0 Å². The van der Waals surface area contributed by atoms with Crippen LogP contribution >= 0.6 is 15.9 Å². The van der Waals surface area contributed by atoms with Gasteiger partial charge in [0.25, 0.3) is 0 Å². The normalized spacial score (nSPS) is 10.6. The molecule has 0 unspecified atom stereocenters. The summed E-state index contributed by atoms with van der Waals surface area (Å²) in [5.41, 5.74) is 1.17. The van der Waals surface area contributed by atoms with E-state index >= 15 is 0 Å². The Bertz CT molecular complexity index is 497. The van der Waals surface area contributed by atoms with Crippen LogP contribution in [-0.2, 0) is 0 Å². The highest BCUT2D eigenvalue weighted by Gasteiger charge is 2.09. The lowest BCUT2D eigenvalue weighted by atomic mass is 10.0. The number of hydrogen-bond acceptors (Lipinski definition) is 2. The average molecular weight is 292 g/mol. The van der Waals surface area contributed by atoms with Crippen LogP contribution in [0.3, 0.4) is 0 Å². The smallest absolute Gasteiger partial charge is 0.219 e. The summed E-state index contributed by atoms with van der Waals surface area (Å²) in [6.07, 6.45) is 1.73. The molecule has 17 heavy (non-hydrogen) atoms. The van der Waals surface area contributed by atoms with E-state index in [1.165, 1.54) is 5.56 Å². The summed E-state index contributed by atoms with van der Waals surface area (Å²) in [7, 11) is 0. The van der Waals surface area contributed by atoms with Gasteiger partial charge >= 0.3 is 0 Å². The predicted molar refractivity (Wildman–Crippen MR) is 72.5 cm³/mol. The number of aromatic nitrogens is 1. The summed E-state index contributed by atoms with van der Waals surface area (Å²) in [6.45, 7) is 4.29. The highest BCUT2D eigenvalue weighted by molar-refractivity contribution is 9.10. The van der Waals surface area contributed by atoms with E-state index in [-0.39, 0.29) is 0 Å². The molecular formula is C14H14BrNO. The monoisotopic (exact) mass is 291 g/mol. The molecule has 0 aliphatic carbocycles. The molecule has 0 saturated carbocycles. The SMILES string of the molecule is CC(C)c1cc(Br)ccc1Oc1ccccn1. The van der Waals surface area contributed by atoms with Gasteiger partial charge in [-0.3, -0.25) is 0 Å². The molecule has 0 atom stereocenters. The summed E-state index contributed by atoms with van der Waals surface area (Å²) >= 11 is 3.48. The zero-order valence-corrected chi connectivity index (χ0v) is 11.4. The maximum Gasteiger partial charge on any atom is 0.219 e. The number of hydrogen-bond donors (Lipinski definition) is 0. The van der Waals surface area contributed by atoms with Crippen LogP contribution in [0.1, 0.15) is 25.3 Å². The molecule has 0 aliphatic rings. The van der Waals surface area contributed by atoms with Crippen LogP contribution in [0.4, 0.5) is 0 Å². The molecule has 0 N–H and O–H groups in total. The van der Waals surface area contributed by atoms with Gasteiger partial charge < -0.3 is 4.74 Å². The van der Waals surface area contributed by atoms with Crippen LogP contribution in [0.2, 0.25) is 0 Å². The van der Waals surface area contributed by atoms with Crippen molar-refractivity contribution >= 4 is 15.9 Å². The standard InChI is InChI=1S/C14H14BrNO/c1-10(2)12-9-11(15)6-7-13(12)17-14-5-3-4-8-16-14/h3-10H,1-2H3. The predicted octanol–water partition coefficient (Wildman–Crippen LogP) is 4.76. The second kappa shape index (κ2) is 5.32. The molecule has 0 radical (unpaired) electrons. The van der Waals surface area contributed by atoms with Gasteiger partial charge in [0.15, 0.2) is 0 Å². The Kier molecular flexibility index (Phi) is 3.79. The van der Waals surface area contributed by atoms with Gasteiger partial charge in [-0.2, -0.15) is 0 Å². The first-order valence-corrected chi connectivity index (χ1v) is 6.34. The molecule has 2 aromatic rings. The fourth-order valence-electron chi connectivity index (χ4n) is 1.58. The fraction of sp³-hybridized carbons (Fsp3) is 0.214. The Hall–Kier alpha value is -1.35. The first-order valence-electron chi connectivity index (χ1n) is 5.55. The Morgan fingerprint density at radius 3 is 2.65 bits per heavy atom. The van der Waals surface area contributed by atoms with Crippen LogP contribution in [0.5, 0.6) is 11.6 Å². The van der Waals surface area contributed by atoms with Gasteiger partial charge in [-0.15, -0.1) is 0 Å². The second-order valence-corrected chi connectivity index (χ2v) is 5.02. The third kappa shape index (κ3) is 3.07. The molecular weight excluding hydrogens is 278 g/mol. The zero-order chi connectivity index (χ0) is 12.3. The lowest BCUT2D eigenvalue weighted by Gasteiger charge is -2.13. The number of benzene rings is 1. The molecule has 1 heterocycles. The minimum absolute atomic E-state index is 0.409. The molecule has 1 aromatic carbocycles. The third-order valence-corrected chi connectivity index (χ3v) is 2.94. The molecule has 2 nitrogen and oxygen atoms in total. The van der Waals surface area contributed by atoms with Crippen LogP contribution in [0, 0.1) is 0 Å². The Labute approximate surface area is 110 Å². The van der Waals surface area contributed by atoms with Crippen molar-refractivity contribution in [3.8, 4) is 11.6 Å². The minimum Gasteiger partial charge on any atom is -0.439 e. The van der Waals surface area contributed by atoms with Crippen molar-refractivity contribution in [1.29, 1.82) is 0 Å². The van der Waals surface area contributed by atoms with E-state index in [2.05, 4.69) is 40.8 Å². The lowest BCUT2D eigenvalue weighted by Crippen LogP contribution is -1.95. The quantitative estimate of drug-likeness (QED) is 0.813. The Morgan fingerprint density at radius 2 is 2.00 bits per heavy atom. The molecule has 3 heteroatoms. The number of pyridine rings is 1. The van der Waals surface area contributed by atoms with Gasteiger partial charge in [0.1, 0.15) is 5.75 Å². The van der Waals surface area contributed by atoms with Crippen molar-refractivity contribution in [2.24, 2.45) is 0 Å². The number of rotatable bonds is 3. The summed E-state index contributed by atoms with van der Waals surface area (Å²) in [4.78, 5) is 4.16. The third-order valence-electron chi connectivity index (χ3n) is 2.45. The van der Waals surface area contributed by atoms with E-state index in [1.54, 1.807) is 6.20 Å². The van der Waals surface area contributed by atoms with E-state index in [4.69, 9.17) is 4.74 Å². The van der Waals surface area contributed by atoms with Gasteiger partial charge in [-0.05, 0) is 35.7 Å². The van der Waals surface area contributed by atoms with Crippen LogP contribution < -0.4 is 4.74 Å². The van der Waals surface area contributed by atoms with Crippen molar-refractivity contribution in [3.05, 3.63) is 52.6 Å². The first-order chi connectivity index (χ1) is 8.16. The summed E-state index contributed by atoms with van der Waals surface area (Å²) in [5.74, 6) is 1.89. The molecule has 2 rings (SSSR count). The van der Waals surface area contributed by atoms with E-state index in [0.717, 1.165) is 10.2 Å². The van der Waals surface area contributed by atoms with Gasteiger partial charge in [0.2, 0.25) is 5.88 Å².